The van der Waals surface area contributed by atoms with Crippen LogP contribution >= 0.6 is 0 Å². The van der Waals surface area contributed by atoms with Gasteiger partial charge in [0.2, 0.25) is 0 Å². The highest BCUT2D eigenvalue weighted by Gasteiger charge is 2.16. The van der Waals surface area contributed by atoms with Crippen LogP contribution in [-0.4, -0.2) is 22.2 Å². The maximum Gasteiger partial charge on any atom is 0.346 e. The third-order valence-corrected chi connectivity index (χ3v) is 2.26. The third-order valence-electron chi connectivity index (χ3n) is 2.26. The van der Waals surface area contributed by atoms with Gasteiger partial charge in [-0.15, -0.1) is 0 Å². The molecule has 1 aromatic carbocycles. The molecule has 0 amide bonds. The number of nitriles is 1. The Morgan fingerprint density at radius 3 is 2.12 bits per heavy atom. The number of allylic oxidation sites excluding steroid dienone is 1. The molecule has 1 rings (SSSR count). The first-order valence-electron chi connectivity index (χ1n) is 4.66. The van der Waals surface area contributed by atoms with Gasteiger partial charge in [0.1, 0.15) is 11.6 Å². The van der Waals surface area contributed by atoms with Gasteiger partial charge in [-0.2, -0.15) is 5.26 Å². The van der Waals surface area contributed by atoms with Gasteiger partial charge in [0.15, 0.2) is 0 Å². The number of carboxylic acid groups (broad SMARTS) is 2. The molecule has 5 nitrogen and oxygen atoms in total. The van der Waals surface area contributed by atoms with Crippen molar-refractivity contribution in [3.8, 4) is 6.07 Å². The summed E-state index contributed by atoms with van der Waals surface area (Å²) in [5, 5.41) is 26.5. The van der Waals surface area contributed by atoms with E-state index in [0.29, 0.717) is 0 Å². The second-order valence-corrected chi connectivity index (χ2v) is 3.27. The van der Waals surface area contributed by atoms with Crippen molar-refractivity contribution in [2.75, 3.05) is 0 Å². The topological polar surface area (TPSA) is 98.4 Å². The molecule has 0 aliphatic carbocycles. The van der Waals surface area contributed by atoms with Gasteiger partial charge < -0.3 is 10.2 Å². The van der Waals surface area contributed by atoms with Crippen LogP contribution in [0.5, 0.6) is 0 Å². The van der Waals surface area contributed by atoms with Crippen molar-refractivity contribution < 1.29 is 19.8 Å². The zero-order valence-corrected chi connectivity index (χ0v) is 8.97. The summed E-state index contributed by atoms with van der Waals surface area (Å²) in [6, 6.07) is 7.50. The fourth-order valence-corrected chi connectivity index (χ4v) is 1.42. The summed E-state index contributed by atoms with van der Waals surface area (Å²) < 4.78 is 0. The number of hydrogen-bond acceptors (Lipinski definition) is 3. The van der Waals surface area contributed by atoms with E-state index in [4.69, 9.17) is 15.5 Å². The van der Waals surface area contributed by atoms with E-state index in [1.807, 2.05) is 0 Å². The number of aliphatic carboxylic acids is 1. The lowest BCUT2D eigenvalue weighted by Gasteiger charge is -2.06. The first-order chi connectivity index (χ1) is 7.99. The van der Waals surface area contributed by atoms with Crippen molar-refractivity contribution in [2.24, 2.45) is 0 Å². The zero-order valence-electron chi connectivity index (χ0n) is 8.97. The average molecular weight is 231 g/mol. The lowest BCUT2D eigenvalue weighted by atomic mass is 9.97. The number of nitrogens with zero attached hydrogens (tertiary/aromatic N) is 1. The van der Waals surface area contributed by atoms with Gasteiger partial charge in [0.05, 0.1) is 5.56 Å². The van der Waals surface area contributed by atoms with Crippen LogP contribution in [0.25, 0.3) is 5.57 Å². The summed E-state index contributed by atoms with van der Waals surface area (Å²) >= 11 is 0. The van der Waals surface area contributed by atoms with Crippen molar-refractivity contribution in [1.29, 1.82) is 5.26 Å². The minimum Gasteiger partial charge on any atom is -0.478 e. The summed E-state index contributed by atoms with van der Waals surface area (Å²) in [4.78, 5) is 21.8. The molecule has 0 unspecified atom stereocenters. The molecule has 0 atom stereocenters. The quantitative estimate of drug-likeness (QED) is 0.610. The van der Waals surface area contributed by atoms with E-state index in [0.717, 1.165) is 0 Å². The number of hydrogen-bond donors (Lipinski definition) is 2. The predicted octanol–water partition coefficient (Wildman–Crippen LogP) is 1.77. The molecule has 2 N–H and O–H groups in total. The molecule has 0 fully saturated rings. The molecule has 0 aliphatic heterocycles. The van der Waals surface area contributed by atoms with E-state index in [2.05, 4.69) is 0 Å². The highest BCUT2D eigenvalue weighted by atomic mass is 16.4. The number of carbonyl (C=O) groups is 2. The third kappa shape index (κ3) is 2.49. The van der Waals surface area contributed by atoms with Gasteiger partial charge in [-0.05, 0) is 24.1 Å². The Labute approximate surface area is 97.2 Å². The monoisotopic (exact) mass is 231 g/mol. The molecule has 86 valence electrons. The lowest BCUT2D eigenvalue weighted by molar-refractivity contribution is -0.132. The van der Waals surface area contributed by atoms with Crippen LogP contribution in [0.2, 0.25) is 0 Å². The molecule has 0 aromatic heterocycles. The van der Waals surface area contributed by atoms with Crippen LogP contribution < -0.4 is 0 Å². The van der Waals surface area contributed by atoms with Crippen molar-refractivity contribution in [1.82, 2.24) is 0 Å². The number of rotatable bonds is 3. The molecule has 0 spiro atoms. The smallest absolute Gasteiger partial charge is 0.346 e. The minimum atomic E-state index is -1.37. The SMILES string of the molecule is CC(=C(C#N)C(=O)O)c1ccccc1C(=O)O. The molecule has 0 heterocycles. The largest absolute Gasteiger partial charge is 0.478 e. The van der Waals surface area contributed by atoms with Crippen molar-refractivity contribution in [3.63, 3.8) is 0 Å². The standard InChI is InChI=1S/C12H9NO4/c1-7(10(6-13)12(16)17)8-4-2-3-5-9(8)11(14)15/h2-5H,1H3,(H,14,15)(H,16,17). The van der Waals surface area contributed by atoms with Crippen molar-refractivity contribution in [3.05, 3.63) is 41.0 Å². The molecule has 0 radical (unpaired) electrons. The van der Waals surface area contributed by atoms with Crippen molar-refractivity contribution >= 4 is 17.5 Å². The van der Waals surface area contributed by atoms with E-state index in [9.17, 15) is 9.59 Å². The Morgan fingerprint density at radius 1 is 1.18 bits per heavy atom. The van der Waals surface area contributed by atoms with Gasteiger partial charge in [-0.25, -0.2) is 9.59 Å². The van der Waals surface area contributed by atoms with Crippen LogP contribution in [0.1, 0.15) is 22.8 Å². The molecular formula is C12H9NO4. The average Bonchev–Trinajstić information content (AvgIpc) is 2.29. The fourth-order valence-electron chi connectivity index (χ4n) is 1.42. The molecular weight excluding hydrogens is 222 g/mol. The predicted molar refractivity (Wildman–Crippen MR) is 59.2 cm³/mol. The molecule has 0 aliphatic rings. The maximum atomic E-state index is 11.0. The molecule has 0 saturated carbocycles. The van der Waals surface area contributed by atoms with E-state index < -0.39 is 17.5 Å². The Kier molecular flexibility index (Phi) is 3.62. The second-order valence-electron chi connectivity index (χ2n) is 3.27. The van der Waals surface area contributed by atoms with Gasteiger partial charge in [-0.1, -0.05) is 18.2 Å². The Morgan fingerprint density at radius 2 is 1.71 bits per heavy atom. The maximum absolute atomic E-state index is 11.0. The molecule has 0 bridgehead atoms. The number of carboxylic acids is 2. The highest BCUT2D eigenvalue weighted by molar-refractivity contribution is 6.03. The normalized spacial score (nSPS) is 11.3. The minimum absolute atomic E-state index is 0.0287. The first kappa shape index (κ1) is 12.5. The van der Waals surface area contributed by atoms with E-state index in [-0.39, 0.29) is 16.7 Å². The van der Waals surface area contributed by atoms with Crippen LogP contribution in [0, 0.1) is 11.3 Å². The Balaban J connectivity index is 3.50. The van der Waals surface area contributed by atoms with Crippen LogP contribution in [0.3, 0.4) is 0 Å². The van der Waals surface area contributed by atoms with Gasteiger partial charge in [0.25, 0.3) is 0 Å². The van der Waals surface area contributed by atoms with Crippen LogP contribution in [0.15, 0.2) is 29.8 Å². The Bertz CT molecular complexity index is 552. The second kappa shape index (κ2) is 4.94. The van der Waals surface area contributed by atoms with Crippen LogP contribution in [-0.2, 0) is 4.79 Å². The van der Waals surface area contributed by atoms with Gasteiger partial charge >= 0.3 is 11.9 Å². The molecule has 5 heteroatoms. The van der Waals surface area contributed by atoms with E-state index >= 15 is 0 Å². The van der Waals surface area contributed by atoms with Gasteiger partial charge in [0, 0.05) is 0 Å². The molecule has 17 heavy (non-hydrogen) atoms. The molecule has 1 aromatic rings. The fraction of sp³-hybridized carbons (Fsp3) is 0.0833. The summed E-state index contributed by atoms with van der Waals surface area (Å²) in [7, 11) is 0. The van der Waals surface area contributed by atoms with Gasteiger partial charge in [-0.3, -0.25) is 0 Å². The van der Waals surface area contributed by atoms with E-state index in [1.165, 1.54) is 25.1 Å². The molecule has 0 saturated heterocycles. The van der Waals surface area contributed by atoms with E-state index in [1.54, 1.807) is 12.1 Å². The first-order valence-corrected chi connectivity index (χ1v) is 4.66. The summed E-state index contributed by atoms with van der Waals surface area (Å²) in [5.41, 5.74) is -0.116. The number of benzene rings is 1. The highest BCUT2D eigenvalue weighted by Crippen LogP contribution is 2.22. The summed E-state index contributed by atoms with van der Waals surface area (Å²) in [5.74, 6) is -2.53. The summed E-state index contributed by atoms with van der Waals surface area (Å²) in [6.07, 6.45) is 0. The number of aromatic carboxylic acids is 1. The zero-order chi connectivity index (χ0) is 13.0. The van der Waals surface area contributed by atoms with Crippen LogP contribution in [0.4, 0.5) is 0 Å². The summed E-state index contributed by atoms with van der Waals surface area (Å²) in [6.45, 7) is 1.41. The van der Waals surface area contributed by atoms with Crippen molar-refractivity contribution in [2.45, 2.75) is 6.92 Å². The Hall–Kier alpha value is -2.61. The lowest BCUT2D eigenvalue weighted by Crippen LogP contribution is -2.05.